The molecular formula is C18H14F3N5O2. The maximum atomic E-state index is 13.5. The van der Waals surface area contributed by atoms with Crippen LogP contribution in [-0.2, 0) is 12.7 Å². The van der Waals surface area contributed by atoms with E-state index in [0.29, 0.717) is 17.3 Å². The van der Waals surface area contributed by atoms with Crippen LogP contribution in [0.1, 0.15) is 46.3 Å². The first-order valence-corrected chi connectivity index (χ1v) is 8.71. The van der Waals surface area contributed by atoms with Gasteiger partial charge < -0.3 is 9.42 Å². The molecule has 144 valence electrons. The molecule has 3 aromatic rings. The van der Waals surface area contributed by atoms with E-state index in [0.717, 1.165) is 18.9 Å². The molecule has 28 heavy (non-hydrogen) atoms. The molecule has 0 unspecified atom stereocenters. The molecule has 1 aromatic carbocycles. The lowest BCUT2D eigenvalue weighted by Gasteiger charge is -2.18. The van der Waals surface area contributed by atoms with Crippen LogP contribution in [0.2, 0.25) is 0 Å². The van der Waals surface area contributed by atoms with Crippen LogP contribution in [-0.4, -0.2) is 37.5 Å². The zero-order valence-corrected chi connectivity index (χ0v) is 14.7. The van der Waals surface area contributed by atoms with Crippen molar-refractivity contribution >= 4 is 5.91 Å². The van der Waals surface area contributed by atoms with Gasteiger partial charge in [-0.15, -0.1) is 0 Å². The molecule has 2 aromatic heterocycles. The molecule has 0 N–H and O–H groups in total. The van der Waals surface area contributed by atoms with Crippen molar-refractivity contribution in [3.05, 3.63) is 47.2 Å². The van der Waals surface area contributed by atoms with E-state index in [-0.39, 0.29) is 24.0 Å². The molecule has 1 fully saturated rings. The van der Waals surface area contributed by atoms with Crippen molar-refractivity contribution in [2.24, 2.45) is 0 Å². The second-order valence-corrected chi connectivity index (χ2v) is 7.00. The molecule has 0 spiro atoms. The molecule has 0 atom stereocenters. The maximum absolute atomic E-state index is 13.5. The highest BCUT2D eigenvalue weighted by Crippen LogP contribution is 2.40. The van der Waals surface area contributed by atoms with E-state index in [1.165, 1.54) is 35.0 Å². The quantitative estimate of drug-likeness (QED) is 0.671. The monoisotopic (exact) mass is 389 g/mol. The lowest BCUT2D eigenvalue weighted by molar-refractivity contribution is -0.138. The summed E-state index contributed by atoms with van der Waals surface area (Å²) in [6.07, 6.45) is -1.27. The van der Waals surface area contributed by atoms with Crippen LogP contribution in [0.4, 0.5) is 13.2 Å². The second kappa shape index (κ2) is 5.66. The minimum absolute atomic E-state index is 0.0629. The number of nitrogens with zero attached hydrogens (tertiary/aromatic N) is 5. The minimum atomic E-state index is -4.65. The van der Waals surface area contributed by atoms with Gasteiger partial charge in [0.05, 0.1) is 29.1 Å². The Morgan fingerprint density at radius 3 is 2.75 bits per heavy atom. The van der Waals surface area contributed by atoms with Crippen molar-refractivity contribution in [3.8, 4) is 17.2 Å². The molecule has 1 aliphatic carbocycles. The molecule has 1 saturated carbocycles. The van der Waals surface area contributed by atoms with E-state index in [4.69, 9.17) is 4.52 Å². The summed E-state index contributed by atoms with van der Waals surface area (Å²) in [4.78, 5) is 22.7. The summed E-state index contributed by atoms with van der Waals surface area (Å²) in [5.74, 6) is 0.368. The Kier molecular flexibility index (Phi) is 3.43. The van der Waals surface area contributed by atoms with E-state index in [1.807, 2.05) is 0 Å². The zero-order chi connectivity index (χ0) is 19.6. The smallest absolute Gasteiger partial charge is 0.339 e. The van der Waals surface area contributed by atoms with Crippen molar-refractivity contribution in [1.29, 1.82) is 0 Å². The second-order valence-electron chi connectivity index (χ2n) is 7.00. The number of amides is 1. The maximum Gasteiger partial charge on any atom is 0.417 e. The third kappa shape index (κ3) is 2.51. The molecule has 1 aliphatic heterocycles. The van der Waals surface area contributed by atoms with Crippen molar-refractivity contribution in [3.63, 3.8) is 0 Å². The summed E-state index contributed by atoms with van der Waals surface area (Å²) in [5.41, 5.74) is -0.325. The summed E-state index contributed by atoms with van der Waals surface area (Å²) in [6, 6.07) is 3.67. The number of hydrogen-bond donors (Lipinski definition) is 0. The number of aromatic nitrogens is 4. The molecule has 0 bridgehead atoms. The van der Waals surface area contributed by atoms with Crippen LogP contribution >= 0.6 is 0 Å². The Labute approximate surface area is 156 Å². The van der Waals surface area contributed by atoms with Crippen molar-refractivity contribution in [2.75, 3.05) is 7.05 Å². The topological polar surface area (TPSA) is 77.1 Å². The van der Waals surface area contributed by atoms with Crippen molar-refractivity contribution < 1.29 is 22.5 Å². The Hall–Kier alpha value is -3.17. The fourth-order valence-electron chi connectivity index (χ4n) is 3.44. The third-order valence-corrected chi connectivity index (χ3v) is 5.00. The molecule has 0 radical (unpaired) electrons. The summed E-state index contributed by atoms with van der Waals surface area (Å²) >= 11 is 0. The number of fused-ring (bicyclic) bond motifs is 3. The van der Waals surface area contributed by atoms with Gasteiger partial charge in [-0.3, -0.25) is 9.36 Å². The van der Waals surface area contributed by atoms with E-state index in [1.54, 1.807) is 0 Å². The number of alkyl halides is 3. The van der Waals surface area contributed by atoms with E-state index in [2.05, 4.69) is 15.1 Å². The zero-order valence-electron chi connectivity index (χ0n) is 14.7. The van der Waals surface area contributed by atoms with Gasteiger partial charge in [-0.05, 0) is 25.0 Å². The van der Waals surface area contributed by atoms with Gasteiger partial charge in [0.25, 0.3) is 5.91 Å². The standard InChI is InChI=1S/C18H14F3N5O2/c1-25-7-12-14(15-23-16(28-24-15)9-5-6-9)22-8-26(12)11-4-2-3-10(18(19,20)21)13(11)17(25)27/h2-4,8-9H,5-7H2,1H3. The van der Waals surface area contributed by atoms with Gasteiger partial charge in [0.2, 0.25) is 11.7 Å². The molecule has 5 rings (SSSR count). The van der Waals surface area contributed by atoms with Crippen LogP contribution in [0.3, 0.4) is 0 Å². The van der Waals surface area contributed by atoms with Gasteiger partial charge in [0.15, 0.2) is 0 Å². The van der Waals surface area contributed by atoms with Gasteiger partial charge >= 0.3 is 6.18 Å². The SMILES string of the molecule is CN1Cc2c(-c3noc(C4CC4)n3)ncn2-c2cccc(C(F)(F)F)c2C1=O. The van der Waals surface area contributed by atoms with Gasteiger partial charge in [-0.2, -0.15) is 18.2 Å². The summed E-state index contributed by atoms with van der Waals surface area (Å²) in [6.45, 7) is 0.0629. The van der Waals surface area contributed by atoms with Crippen molar-refractivity contribution in [2.45, 2.75) is 31.5 Å². The predicted octanol–water partition coefficient (Wildman–Crippen LogP) is 3.40. The van der Waals surface area contributed by atoms with Gasteiger partial charge in [-0.25, -0.2) is 4.98 Å². The van der Waals surface area contributed by atoms with Crippen LogP contribution in [0.5, 0.6) is 0 Å². The van der Waals surface area contributed by atoms with E-state index in [9.17, 15) is 18.0 Å². The first kappa shape index (κ1) is 17.0. The van der Waals surface area contributed by atoms with E-state index < -0.39 is 23.2 Å². The average molecular weight is 389 g/mol. The Morgan fingerprint density at radius 1 is 1.25 bits per heavy atom. The fourth-order valence-corrected chi connectivity index (χ4v) is 3.44. The molecule has 3 heterocycles. The highest BCUT2D eigenvalue weighted by Gasteiger charge is 2.39. The lowest BCUT2D eigenvalue weighted by Crippen LogP contribution is -2.27. The average Bonchev–Trinajstić information content (AvgIpc) is 3.27. The number of imidazole rings is 1. The largest absolute Gasteiger partial charge is 0.417 e. The number of carbonyl (C=O) groups is 1. The predicted molar refractivity (Wildman–Crippen MR) is 89.6 cm³/mol. The van der Waals surface area contributed by atoms with Crippen LogP contribution < -0.4 is 0 Å². The number of rotatable bonds is 2. The van der Waals surface area contributed by atoms with Gasteiger partial charge in [0, 0.05) is 13.0 Å². The molecule has 1 amide bonds. The van der Waals surface area contributed by atoms with Crippen molar-refractivity contribution in [1.82, 2.24) is 24.6 Å². The highest BCUT2D eigenvalue weighted by atomic mass is 19.4. The van der Waals surface area contributed by atoms with Gasteiger partial charge in [0.1, 0.15) is 12.0 Å². The van der Waals surface area contributed by atoms with Gasteiger partial charge in [-0.1, -0.05) is 11.2 Å². The number of benzene rings is 1. The lowest BCUT2D eigenvalue weighted by atomic mass is 10.0. The molecule has 0 saturated heterocycles. The summed E-state index contributed by atoms with van der Waals surface area (Å²) in [5, 5.41) is 3.97. The highest BCUT2D eigenvalue weighted by molar-refractivity contribution is 6.00. The molecule has 10 heteroatoms. The number of carbonyl (C=O) groups excluding carboxylic acids is 1. The Balaban J connectivity index is 1.70. The summed E-state index contributed by atoms with van der Waals surface area (Å²) in [7, 11) is 1.46. The minimum Gasteiger partial charge on any atom is -0.339 e. The normalized spacial score (nSPS) is 16.7. The van der Waals surface area contributed by atoms with Crippen LogP contribution in [0, 0.1) is 0 Å². The molecule has 2 aliphatic rings. The Bertz CT molecular complexity index is 1100. The first-order valence-electron chi connectivity index (χ1n) is 8.71. The number of hydrogen-bond acceptors (Lipinski definition) is 5. The Morgan fingerprint density at radius 2 is 2.04 bits per heavy atom. The van der Waals surface area contributed by atoms with E-state index >= 15 is 0 Å². The molecular weight excluding hydrogens is 375 g/mol. The third-order valence-electron chi connectivity index (χ3n) is 5.00. The van der Waals surface area contributed by atoms with Crippen LogP contribution in [0.25, 0.3) is 17.2 Å². The first-order chi connectivity index (χ1) is 13.3. The molecule has 7 nitrogen and oxygen atoms in total. The fraction of sp³-hybridized carbons (Fsp3) is 0.333. The van der Waals surface area contributed by atoms with Crippen LogP contribution in [0.15, 0.2) is 29.0 Å². The summed E-state index contributed by atoms with van der Waals surface area (Å²) < 4.78 is 47.3. The number of halogens is 3.